The van der Waals surface area contributed by atoms with Gasteiger partial charge in [-0.15, -0.1) is 0 Å². The molecule has 1 fully saturated rings. The fourth-order valence-electron chi connectivity index (χ4n) is 2.54. The third kappa shape index (κ3) is 4.11. The lowest BCUT2D eigenvalue weighted by atomic mass is 10.0. The van der Waals surface area contributed by atoms with Gasteiger partial charge in [0, 0.05) is 17.5 Å². The Balaban J connectivity index is 2.12. The van der Waals surface area contributed by atoms with Crippen LogP contribution in [0.5, 0.6) is 5.75 Å². The van der Waals surface area contributed by atoms with Crippen molar-refractivity contribution in [2.75, 3.05) is 12.8 Å². The molecule has 106 valence electrons. The molecule has 1 N–H and O–H groups in total. The first-order chi connectivity index (χ1) is 9.20. The Hall–Kier alpha value is -0.740. The first-order valence-corrected chi connectivity index (χ1v) is 8.16. The first kappa shape index (κ1) is 14.7. The van der Waals surface area contributed by atoms with E-state index in [1.807, 2.05) is 27.1 Å². The number of nitrogens with zero attached hydrogens (tertiary/aromatic N) is 1. The molecule has 1 aliphatic heterocycles. The fraction of sp³-hybridized carbons (Fsp3) is 0.667. The van der Waals surface area contributed by atoms with E-state index in [2.05, 4.69) is 28.1 Å². The molecule has 1 aliphatic rings. The molecule has 2 heterocycles. The van der Waals surface area contributed by atoms with Crippen LogP contribution in [-0.2, 0) is 0 Å². The molecule has 1 saturated heterocycles. The van der Waals surface area contributed by atoms with Gasteiger partial charge in [-0.3, -0.25) is 4.98 Å². The number of pyridine rings is 1. The standard InChI is InChI=1S/C15H24N2OS/c1-11(2)18-13-8-12(9-17-10-13)15(16-3)14-6-4-5-7-19-14/h8-11,14-16H,4-7H2,1-3H3. The average Bonchev–Trinajstić information content (AvgIpc) is 2.40. The zero-order valence-electron chi connectivity index (χ0n) is 12.1. The lowest BCUT2D eigenvalue weighted by Crippen LogP contribution is -2.29. The molecule has 0 radical (unpaired) electrons. The molecule has 0 spiro atoms. The summed E-state index contributed by atoms with van der Waals surface area (Å²) in [6.45, 7) is 4.08. The summed E-state index contributed by atoms with van der Waals surface area (Å²) in [6, 6.07) is 2.50. The zero-order chi connectivity index (χ0) is 13.7. The Labute approximate surface area is 120 Å². The van der Waals surface area contributed by atoms with Crippen molar-refractivity contribution in [1.29, 1.82) is 0 Å². The largest absolute Gasteiger partial charge is 0.489 e. The molecule has 19 heavy (non-hydrogen) atoms. The van der Waals surface area contributed by atoms with Crippen LogP contribution in [0.15, 0.2) is 18.5 Å². The van der Waals surface area contributed by atoms with E-state index < -0.39 is 0 Å². The minimum Gasteiger partial charge on any atom is -0.489 e. The van der Waals surface area contributed by atoms with Crippen LogP contribution in [0, 0.1) is 0 Å². The van der Waals surface area contributed by atoms with Crippen LogP contribution in [0.2, 0.25) is 0 Å². The van der Waals surface area contributed by atoms with Gasteiger partial charge in [0.15, 0.2) is 0 Å². The number of nitrogens with one attached hydrogen (secondary N) is 1. The van der Waals surface area contributed by atoms with Crippen LogP contribution in [-0.4, -0.2) is 29.1 Å². The van der Waals surface area contributed by atoms with E-state index in [1.165, 1.54) is 30.6 Å². The average molecular weight is 280 g/mol. The molecule has 0 aromatic carbocycles. The summed E-state index contributed by atoms with van der Waals surface area (Å²) in [5.74, 6) is 2.15. The highest BCUT2D eigenvalue weighted by atomic mass is 32.2. The lowest BCUT2D eigenvalue weighted by Gasteiger charge is -2.30. The molecule has 1 aromatic rings. The van der Waals surface area contributed by atoms with E-state index in [0.29, 0.717) is 11.3 Å². The smallest absolute Gasteiger partial charge is 0.138 e. The van der Waals surface area contributed by atoms with E-state index in [1.54, 1.807) is 6.20 Å². The van der Waals surface area contributed by atoms with E-state index in [4.69, 9.17) is 4.74 Å². The monoisotopic (exact) mass is 280 g/mol. The maximum Gasteiger partial charge on any atom is 0.138 e. The molecule has 4 heteroatoms. The number of thioether (sulfide) groups is 1. The molecule has 2 atom stereocenters. The molecule has 0 amide bonds. The maximum atomic E-state index is 5.74. The predicted molar refractivity (Wildman–Crippen MR) is 81.9 cm³/mol. The molecule has 1 aromatic heterocycles. The molecular formula is C15H24N2OS. The third-order valence-corrected chi connectivity index (χ3v) is 4.82. The summed E-state index contributed by atoms with van der Waals surface area (Å²) < 4.78 is 5.74. The highest BCUT2D eigenvalue weighted by Crippen LogP contribution is 2.35. The van der Waals surface area contributed by atoms with Crippen molar-refractivity contribution in [1.82, 2.24) is 10.3 Å². The van der Waals surface area contributed by atoms with Gasteiger partial charge in [-0.1, -0.05) is 6.42 Å². The van der Waals surface area contributed by atoms with Crippen molar-refractivity contribution in [3.05, 3.63) is 24.0 Å². The van der Waals surface area contributed by atoms with Crippen LogP contribution in [0.3, 0.4) is 0 Å². The number of hydrogen-bond acceptors (Lipinski definition) is 4. The SMILES string of the molecule is CNC(c1cncc(OC(C)C)c1)C1CCCCS1. The van der Waals surface area contributed by atoms with Gasteiger partial charge in [-0.05, 0) is 51.1 Å². The maximum absolute atomic E-state index is 5.74. The molecule has 2 unspecified atom stereocenters. The summed E-state index contributed by atoms with van der Waals surface area (Å²) in [5, 5.41) is 4.10. The molecule has 0 saturated carbocycles. The highest BCUT2D eigenvalue weighted by molar-refractivity contribution is 8.00. The molecular weight excluding hydrogens is 256 g/mol. The van der Waals surface area contributed by atoms with Crippen LogP contribution >= 0.6 is 11.8 Å². The second kappa shape index (κ2) is 7.15. The molecule has 3 nitrogen and oxygen atoms in total. The Morgan fingerprint density at radius 2 is 2.21 bits per heavy atom. The normalized spacial score (nSPS) is 21.4. The summed E-state index contributed by atoms with van der Waals surface area (Å²) in [5.41, 5.74) is 1.24. The second-order valence-electron chi connectivity index (χ2n) is 5.29. The van der Waals surface area contributed by atoms with Gasteiger partial charge < -0.3 is 10.1 Å². The van der Waals surface area contributed by atoms with Gasteiger partial charge >= 0.3 is 0 Å². The van der Waals surface area contributed by atoms with Crippen molar-refractivity contribution >= 4 is 11.8 Å². The summed E-state index contributed by atoms with van der Waals surface area (Å²) in [4.78, 5) is 4.33. The second-order valence-corrected chi connectivity index (χ2v) is 6.64. The Bertz CT molecular complexity index is 391. The summed E-state index contributed by atoms with van der Waals surface area (Å²) in [6.07, 6.45) is 7.92. The fourth-order valence-corrected chi connectivity index (χ4v) is 4.03. The summed E-state index contributed by atoms with van der Waals surface area (Å²) >= 11 is 2.08. The molecule has 0 aliphatic carbocycles. The van der Waals surface area contributed by atoms with Crippen molar-refractivity contribution in [3.63, 3.8) is 0 Å². The quantitative estimate of drug-likeness (QED) is 0.896. The minimum atomic E-state index is 0.189. The number of rotatable bonds is 5. The van der Waals surface area contributed by atoms with E-state index in [9.17, 15) is 0 Å². The van der Waals surface area contributed by atoms with E-state index in [0.717, 1.165) is 5.75 Å². The number of ether oxygens (including phenoxy) is 1. The van der Waals surface area contributed by atoms with Gasteiger partial charge in [0.25, 0.3) is 0 Å². The van der Waals surface area contributed by atoms with Gasteiger partial charge in [0.1, 0.15) is 5.75 Å². The minimum absolute atomic E-state index is 0.189. The van der Waals surface area contributed by atoms with Crippen molar-refractivity contribution in [2.24, 2.45) is 0 Å². The van der Waals surface area contributed by atoms with Crippen LogP contribution < -0.4 is 10.1 Å². The van der Waals surface area contributed by atoms with Crippen molar-refractivity contribution in [2.45, 2.75) is 50.5 Å². The van der Waals surface area contributed by atoms with Gasteiger partial charge in [0.2, 0.25) is 0 Å². The zero-order valence-corrected chi connectivity index (χ0v) is 12.9. The number of aromatic nitrogens is 1. The van der Waals surface area contributed by atoms with E-state index >= 15 is 0 Å². The van der Waals surface area contributed by atoms with Crippen molar-refractivity contribution < 1.29 is 4.74 Å². The van der Waals surface area contributed by atoms with Gasteiger partial charge in [-0.25, -0.2) is 0 Å². The number of hydrogen-bond donors (Lipinski definition) is 1. The lowest BCUT2D eigenvalue weighted by molar-refractivity contribution is 0.241. The van der Waals surface area contributed by atoms with E-state index in [-0.39, 0.29) is 6.10 Å². The van der Waals surface area contributed by atoms with Crippen molar-refractivity contribution in [3.8, 4) is 5.75 Å². The topological polar surface area (TPSA) is 34.2 Å². The Morgan fingerprint density at radius 1 is 1.37 bits per heavy atom. The summed E-state index contributed by atoms with van der Waals surface area (Å²) in [7, 11) is 2.04. The Morgan fingerprint density at radius 3 is 2.84 bits per heavy atom. The van der Waals surface area contributed by atoms with Gasteiger partial charge in [0.05, 0.1) is 12.3 Å². The molecule has 0 bridgehead atoms. The van der Waals surface area contributed by atoms with Crippen LogP contribution in [0.25, 0.3) is 0 Å². The predicted octanol–water partition coefficient (Wildman–Crippen LogP) is 3.42. The Kier molecular flexibility index (Phi) is 5.52. The van der Waals surface area contributed by atoms with Crippen LogP contribution in [0.4, 0.5) is 0 Å². The first-order valence-electron chi connectivity index (χ1n) is 7.11. The van der Waals surface area contributed by atoms with Crippen LogP contribution in [0.1, 0.15) is 44.7 Å². The highest BCUT2D eigenvalue weighted by Gasteiger charge is 2.24. The third-order valence-electron chi connectivity index (χ3n) is 3.36. The van der Waals surface area contributed by atoms with Gasteiger partial charge in [-0.2, -0.15) is 11.8 Å². The molecule has 2 rings (SSSR count).